The lowest BCUT2D eigenvalue weighted by atomic mass is 10.3. The molecule has 1 aromatic rings. The number of hydrogen-bond acceptors (Lipinski definition) is 3. The van der Waals surface area contributed by atoms with Gasteiger partial charge in [-0.05, 0) is 12.1 Å². The third kappa shape index (κ3) is 4.48. The largest absolute Gasteiger partial charge is 0.481 e. The van der Waals surface area contributed by atoms with Crippen molar-refractivity contribution in [3.8, 4) is 17.6 Å². The van der Waals surface area contributed by atoms with Gasteiger partial charge >= 0.3 is 0 Å². The highest BCUT2D eigenvalue weighted by Crippen LogP contribution is 2.07. The molecule has 1 aliphatic rings. The van der Waals surface area contributed by atoms with Gasteiger partial charge in [-0.2, -0.15) is 0 Å². The summed E-state index contributed by atoms with van der Waals surface area (Å²) in [6.07, 6.45) is 0. The summed E-state index contributed by atoms with van der Waals surface area (Å²) in [6.45, 7) is 4.86. The van der Waals surface area contributed by atoms with Crippen LogP contribution in [0.1, 0.15) is 0 Å². The highest BCUT2D eigenvalue weighted by molar-refractivity contribution is 5.21. The maximum Gasteiger partial charge on any atom is 0.149 e. The first-order chi connectivity index (χ1) is 8.45. The number of benzene rings is 1. The molecule has 1 aliphatic heterocycles. The Balaban J connectivity index is 1.65. The summed E-state index contributed by atoms with van der Waals surface area (Å²) < 4.78 is 10.7. The Hall–Kier alpha value is -1.50. The van der Waals surface area contributed by atoms with Gasteiger partial charge in [0.15, 0.2) is 0 Å². The Morgan fingerprint density at radius 1 is 1.12 bits per heavy atom. The van der Waals surface area contributed by atoms with E-state index in [9.17, 15) is 0 Å². The van der Waals surface area contributed by atoms with Crippen molar-refractivity contribution in [3.05, 3.63) is 30.3 Å². The third-order valence-corrected chi connectivity index (χ3v) is 2.59. The van der Waals surface area contributed by atoms with Gasteiger partial charge in [0.25, 0.3) is 0 Å². The van der Waals surface area contributed by atoms with Crippen LogP contribution >= 0.6 is 0 Å². The molecule has 90 valence electrons. The monoisotopic (exact) mass is 231 g/mol. The molecule has 0 spiro atoms. The van der Waals surface area contributed by atoms with Crippen molar-refractivity contribution < 1.29 is 9.47 Å². The van der Waals surface area contributed by atoms with Crippen LogP contribution in [-0.4, -0.2) is 44.4 Å². The SMILES string of the molecule is C(#CCN1CCOCC1)COc1ccccc1. The molecule has 17 heavy (non-hydrogen) atoms. The fraction of sp³-hybridized carbons (Fsp3) is 0.429. The third-order valence-electron chi connectivity index (χ3n) is 2.59. The number of nitrogens with zero attached hydrogens (tertiary/aromatic N) is 1. The molecule has 0 aromatic heterocycles. The molecule has 1 saturated heterocycles. The van der Waals surface area contributed by atoms with Crippen molar-refractivity contribution in [1.82, 2.24) is 4.90 Å². The summed E-state index contributed by atoms with van der Waals surface area (Å²) in [5.41, 5.74) is 0. The topological polar surface area (TPSA) is 21.7 Å². The van der Waals surface area contributed by atoms with Crippen molar-refractivity contribution in [3.63, 3.8) is 0 Å². The molecule has 1 fully saturated rings. The molecular weight excluding hydrogens is 214 g/mol. The number of ether oxygens (including phenoxy) is 2. The second kappa shape index (κ2) is 6.95. The van der Waals surface area contributed by atoms with Gasteiger partial charge in [-0.1, -0.05) is 30.0 Å². The van der Waals surface area contributed by atoms with E-state index in [1.54, 1.807) is 0 Å². The maximum absolute atomic E-state index is 5.48. The summed E-state index contributed by atoms with van der Waals surface area (Å²) >= 11 is 0. The van der Waals surface area contributed by atoms with Gasteiger partial charge in [-0.25, -0.2) is 0 Å². The normalized spacial score (nSPS) is 16.0. The molecule has 0 saturated carbocycles. The number of hydrogen-bond donors (Lipinski definition) is 0. The second-order valence-electron chi connectivity index (χ2n) is 3.84. The zero-order chi connectivity index (χ0) is 11.8. The molecule has 0 aliphatic carbocycles. The summed E-state index contributed by atoms with van der Waals surface area (Å²) in [5.74, 6) is 7.02. The van der Waals surface area contributed by atoms with Crippen LogP contribution in [-0.2, 0) is 4.74 Å². The lowest BCUT2D eigenvalue weighted by Gasteiger charge is -2.24. The maximum atomic E-state index is 5.48. The van der Waals surface area contributed by atoms with E-state index in [-0.39, 0.29) is 0 Å². The Kier molecular flexibility index (Phi) is 4.89. The molecule has 0 atom stereocenters. The van der Waals surface area contributed by atoms with Crippen molar-refractivity contribution >= 4 is 0 Å². The van der Waals surface area contributed by atoms with Crippen LogP contribution in [0.15, 0.2) is 30.3 Å². The fourth-order valence-corrected chi connectivity index (χ4v) is 1.61. The van der Waals surface area contributed by atoms with Crippen LogP contribution in [0.4, 0.5) is 0 Å². The molecule has 0 amide bonds. The molecular formula is C14H17NO2. The molecule has 0 radical (unpaired) electrons. The Morgan fingerprint density at radius 3 is 2.65 bits per heavy atom. The van der Waals surface area contributed by atoms with Gasteiger partial charge in [-0.15, -0.1) is 0 Å². The number of rotatable bonds is 3. The van der Waals surface area contributed by atoms with Gasteiger partial charge in [0.2, 0.25) is 0 Å². The molecule has 3 heteroatoms. The van der Waals surface area contributed by atoms with Crippen molar-refractivity contribution in [2.45, 2.75) is 0 Å². The fourth-order valence-electron chi connectivity index (χ4n) is 1.61. The lowest BCUT2D eigenvalue weighted by Crippen LogP contribution is -2.36. The van der Waals surface area contributed by atoms with E-state index in [2.05, 4.69) is 16.7 Å². The quantitative estimate of drug-likeness (QED) is 0.734. The standard InChI is InChI=1S/C14H17NO2/c1-2-6-14(7-3-1)17-11-5-4-8-15-9-12-16-13-10-15/h1-3,6-7H,8-13H2. The molecule has 2 rings (SSSR count). The summed E-state index contributed by atoms with van der Waals surface area (Å²) in [4.78, 5) is 2.29. The summed E-state index contributed by atoms with van der Waals surface area (Å²) in [5, 5.41) is 0. The Morgan fingerprint density at radius 2 is 1.88 bits per heavy atom. The first kappa shape index (κ1) is 12.0. The zero-order valence-electron chi connectivity index (χ0n) is 9.89. The Bertz CT molecular complexity index is 374. The van der Waals surface area contributed by atoms with Crippen LogP contribution in [0, 0.1) is 11.8 Å². The summed E-state index contributed by atoms with van der Waals surface area (Å²) in [6, 6.07) is 9.75. The zero-order valence-corrected chi connectivity index (χ0v) is 9.89. The van der Waals surface area contributed by atoms with Gasteiger partial charge < -0.3 is 9.47 Å². The van der Waals surface area contributed by atoms with Gasteiger partial charge in [0.1, 0.15) is 12.4 Å². The molecule has 3 nitrogen and oxygen atoms in total. The number of morpholine rings is 1. The first-order valence-corrected chi connectivity index (χ1v) is 5.89. The van der Waals surface area contributed by atoms with Crippen LogP contribution in [0.25, 0.3) is 0 Å². The van der Waals surface area contributed by atoms with E-state index in [0.717, 1.165) is 38.6 Å². The van der Waals surface area contributed by atoms with Crippen molar-refractivity contribution in [1.29, 1.82) is 0 Å². The van der Waals surface area contributed by atoms with Crippen LogP contribution < -0.4 is 4.74 Å². The molecule has 0 unspecified atom stereocenters. The molecule has 1 heterocycles. The van der Waals surface area contributed by atoms with Gasteiger partial charge in [0.05, 0.1) is 19.8 Å². The molecule has 1 aromatic carbocycles. The van der Waals surface area contributed by atoms with Gasteiger partial charge in [0, 0.05) is 13.1 Å². The smallest absolute Gasteiger partial charge is 0.149 e. The first-order valence-electron chi connectivity index (χ1n) is 5.89. The minimum atomic E-state index is 0.453. The average Bonchev–Trinajstić information content (AvgIpc) is 2.41. The predicted octanol–water partition coefficient (Wildman–Crippen LogP) is 1.40. The second-order valence-corrected chi connectivity index (χ2v) is 3.84. The minimum absolute atomic E-state index is 0.453. The van der Waals surface area contributed by atoms with Crippen LogP contribution in [0.2, 0.25) is 0 Å². The van der Waals surface area contributed by atoms with Gasteiger partial charge in [-0.3, -0.25) is 4.90 Å². The number of para-hydroxylation sites is 1. The molecule has 0 N–H and O–H groups in total. The van der Waals surface area contributed by atoms with E-state index in [4.69, 9.17) is 9.47 Å². The van der Waals surface area contributed by atoms with E-state index < -0.39 is 0 Å². The van der Waals surface area contributed by atoms with E-state index >= 15 is 0 Å². The highest BCUT2D eigenvalue weighted by atomic mass is 16.5. The van der Waals surface area contributed by atoms with Crippen molar-refractivity contribution in [2.75, 3.05) is 39.5 Å². The minimum Gasteiger partial charge on any atom is -0.481 e. The van der Waals surface area contributed by atoms with Crippen LogP contribution in [0.5, 0.6) is 5.75 Å². The predicted molar refractivity (Wildman–Crippen MR) is 67.0 cm³/mol. The van der Waals surface area contributed by atoms with E-state index in [1.807, 2.05) is 30.3 Å². The van der Waals surface area contributed by atoms with E-state index in [0.29, 0.717) is 6.61 Å². The Labute approximate surface area is 102 Å². The van der Waals surface area contributed by atoms with E-state index in [1.165, 1.54) is 0 Å². The molecule has 0 bridgehead atoms. The summed E-state index contributed by atoms with van der Waals surface area (Å²) in [7, 11) is 0. The van der Waals surface area contributed by atoms with Crippen molar-refractivity contribution in [2.24, 2.45) is 0 Å². The van der Waals surface area contributed by atoms with Crippen LogP contribution in [0.3, 0.4) is 0 Å². The lowest BCUT2D eigenvalue weighted by molar-refractivity contribution is 0.0443. The highest BCUT2D eigenvalue weighted by Gasteiger charge is 2.07. The average molecular weight is 231 g/mol.